The molecule has 0 amide bonds. The molecule has 0 fully saturated rings. The number of ether oxygens (including phenoxy) is 1. The normalized spacial score (nSPS) is 12.3. The van der Waals surface area contributed by atoms with Gasteiger partial charge in [0.2, 0.25) is 0 Å². The first-order chi connectivity index (χ1) is 9.74. The first-order valence-electron chi connectivity index (χ1n) is 6.64. The fourth-order valence-corrected chi connectivity index (χ4v) is 2.47. The summed E-state index contributed by atoms with van der Waals surface area (Å²) in [7, 11) is 1.70. The lowest BCUT2D eigenvalue weighted by Gasteiger charge is -2.12. The summed E-state index contributed by atoms with van der Waals surface area (Å²) in [6.07, 6.45) is 2.38. The number of thioether (sulfide) groups is 1. The van der Waals surface area contributed by atoms with Gasteiger partial charge in [-0.2, -0.15) is 0 Å². The fourth-order valence-electron chi connectivity index (χ4n) is 2.07. The van der Waals surface area contributed by atoms with Gasteiger partial charge < -0.3 is 9.84 Å². The molecular weight excluding hydrogens is 268 g/mol. The third-order valence-electron chi connectivity index (χ3n) is 3.32. The Kier molecular flexibility index (Phi) is 5.65. The third kappa shape index (κ3) is 3.85. The predicted molar refractivity (Wildman–Crippen MR) is 84.3 cm³/mol. The van der Waals surface area contributed by atoms with Crippen molar-refractivity contribution in [3.8, 4) is 0 Å². The van der Waals surface area contributed by atoms with E-state index >= 15 is 0 Å². The van der Waals surface area contributed by atoms with E-state index in [2.05, 4.69) is 0 Å². The number of aliphatic hydroxyl groups is 1. The molecule has 0 saturated heterocycles. The molecule has 106 valence electrons. The fraction of sp³-hybridized carbons (Fsp3) is 0.294. The average Bonchev–Trinajstić information content (AvgIpc) is 2.53. The number of rotatable bonds is 6. The molecule has 0 aliphatic heterocycles. The third-order valence-corrected chi connectivity index (χ3v) is 4.07. The molecule has 1 N–H and O–H groups in total. The van der Waals surface area contributed by atoms with E-state index in [1.807, 2.05) is 54.8 Å². The Labute approximate surface area is 124 Å². The van der Waals surface area contributed by atoms with Gasteiger partial charge in [-0.3, -0.25) is 0 Å². The molecule has 0 aromatic heterocycles. The lowest BCUT2D eigenvalue weighted by molar-refractivity contribution is 0.202. The molecule has 0 spiro atoms. The van der Waals surface area contributed by atoms with Gasteiger partial charge in [0, 0.05) is 12.0 Å². The molecule has 0 bridgehead atoms. The largest absolute Gasteiger partial charge is 0.384 e. The van der Waals surface area contributed by atoms with Crippen molar-refractivity contribution in [2.75, 3.05) is 20.0 Å². The van der Waals surface area contributed by atoms with Gasteiger partial charge in [-0.15, -0.1) is 11.8 Å². The topological polar surface area (TPSA) is 29.5 Å². The van der Waals surface area contributed by atoms with Gasteiger partial charge in [0.15, 0.2) is 0 Å². The van der Waals surface area contributed by atoms with Crippen molar-refractivity contribution in [3.05, 3.63) is 65.2 Å². The number of aliphatic hydroxyl groups excluding tert-OH is 1. The Morgan fingerprint density at radius 1 is 1.00 bits per heavy atom. The SMILES string of the molecule is COCCc1ccc(C(O)c2ccc(SC)cc2)cc1. The van der Waals surface area contributed by atoms with Crippen molar-refractivity contribution in [2.24, 2.45) is 0 Å². The molecule has 0 aliphatic carbocycles. The van der Waals surface area contributed by atoms with Crippen LogP contribution in [0, 0.1) is 0 Å². The molecule has 1 atom stereocenters. The van der Waals surface area contributed by atoms with E-state index in [9.17, 15) is 5.11 Å². The van der Waals surface area contributed by atoms with Crippen molar-refractivity contribution in [1.29, 1.82) is 0 Å². The van der Waals surface area contributed by atoms with Crippen LogP contribution in [0.1, 0.15) is 22.8 Å². The minimum absolute atomic E-state index is 0.567. The zero-order valence-corrected chi connectivity index (χ0v) is 12.7. The van der Waals surface area contributed by atoms with Crippen LogP contribution in [0.5, 0.6) is 0 Å². The quantitative estimate of drug-likeness (QED) is 0.822. The second kappa shape index (κ2) is 7.48. The molecule has 2 aromatic rings. The summed E-state index contributed by atoms with van der Waals surface area (Å²) in [6, 6.07) is 16.1. The van der Waals surface area contributed by atoms with Gasteiger partial charge in [-0.1, -0.05) is 36.4 Å². The minimum Gasteiger partial charge on any atom is -0.384 e. The molecule has 0 heterocycles. The van der Waals surface area contributed by atoms with Gasteiger partial charge in [-0.05, 0) is 41.5 Å². The predicted octanol–water partition coefficient (Wildman–Crippen LogP) is 3.68. The van der Waals surface area contributed by atoms with Crippen molar-refractivity contribution >= 4 is 11.8 Å². The van der Waals surface area contributed by atoms with Gasteiger partial charge in [0.05, 0.1) is 6.61 Å². The molecule has 3 heteroatoms. The maximum absolute atomic E-state index is 10.4. The lowest BCUT2D eigenvalue weighted by Crippen LogP contribution is -2.00. The standard InChI is InChI=1S/C17H20O2S/c1-19-12-11-13-3-5-14(6-4-13)17(18)15-7-9-16(20-2)10-8-15/h3-10,17-18H,11-12H2,1-2H3. The van der Waals surface area contributed by atoms with Crippen LogP contribution < -0.4 is 0 Å². The summed E-state index contributed by atoms with van der Waals surface area (Å²) in [4.78, 5) is 1.20. The van der Waals surface area contributed by atoms with Crippen LogP contribution >= 0.6 is 11.8 Å². The Morgan fingerprint density at radius 2 is 1.55 bits per heavy atom. The van der Waals surface area contributed by atoms with E-state index in [1.54, 1.807) is 18.9 Å². The summed E-state index contributed by atoms with van der Waals surface area (Å²) >= 11 is 1.70. The molecular formula is C17H20O2S. The number of hydrogen-bond acceptors (Lipinski definition) is 3. The molecule has 2 aromatic carbocycles. The Balaban J connectivity index is 2.09. The molecule has 0 saturated carbocycles. The van der Waals surface area contributed by atoms with Crippen molar-refractivity contribution in [1.82, 2.24) is 0 Å². The molecule has 2 nitrogen and oxygen atoms in total. The van der Waals surface area contributed by atoms with E-state index in [1.165, 1.54) is 10.5 Å². The van der Waals surface area contributed by atoms with Gasteiger partial charge in [0.25, 0.3) is 0 Å². The second-order valence-corrected chi connectivity index (χ2v) is 5.54. The van der Waals surface area contributed by atoms with E-state index in [-0.39, 0.29) is 0 Å². The summed E-state index contributed by atoms with van der Waals surface area (Å²) < 4.78 is 5.06. The highest BCUT2D eigenvalue weighted by molar-refractivity contribution is 7.98. The maximum Gasteiger partial charge on any atom is 0.104 e. The Hall–Kier alpha value is -1.29. The van der Waals surface area contributed by atoms with Crippen molar-refractivity contribution < 1.29 is 9.84 Å². The van der Waals surface area contributed by atoms with Crippen LogP contribution in [-0.2, 0) is 11.2 Å². The average molecular weight is 288 g/mol. The minimum atomic E-state index is -0.567. The molecule has 0 radical (unpaired) electrons. The summed E-state index contributed by atoms with van der Waals surface area (Å²) in [6.45, 7) is 0.720. The maximum atomic E-state index is 10.4. The van der Waals surface area contributed by atoms with Gasteiger partial charge >= 0.3 is 0 Å². The van der Waals surface area contributed by atoms with Crippen LogP contribution in [0.25, 0.3) is 0 Å². The zero-order chi connectivity index (χ0) is 14.4. The second-order valence-electron chi connectivity index (χ2n) is 4.66. The number of methoxy groups -OCH3 is 1. The van der Waals surface area contributed by atoms with E-state index in [0.29, 0.717) is 0 Å². The molecule has 1 unspecified atom stereocenters. The summed E-state index contributed by atoms with van der Waals surface area (Å²) in [5, 5.41) is 10.4. The van der Waals surface area contributed by atoms with E-state index < -0.39 is 6.10 Å². The number of hydrogen-bond donors (Lipinski definition) is 1. The molecule has 20 heavy (non-hydrogen) atoms. The van der Waals surface area contributed by atoms with Gasteiger partial charge in [0.1, 0.15) is 6.10 Å². The van der Waals surface area contributed by atoms with E-state index in [4.69, 9.17) is 4.74 Å². The lowest BCUT2D eigenvalue weighted by atomic mass is 10.00. The van der Waals surface area contributed by atoms with Crippen LogP contribution in [0.2, 0.25) is 0 Å². The van der Waals surface area contributed by atoms with Crippen molar-refractivity contribution in [3.63, 3.8) is 0 Å². The summed E-state index contributed by atoms with van der Waals surface area (Å²) in [5.74, 6) is 0. The van der Waals surface area contributed by atoms with Crippen LogP contribution in [-0.4, -0.2) is 25.1 Å². The van der Waals surface area contributed by atoms with Crippen molar-refractivity contribution in [2.45, 2.75) is 17.4 Å². The summed E-state index contributed by atoms with van der Waals surface area (Å²) in [5.41, 5.74) is 3.07. The van der Waals surface area contributed by atoms with Gasteiger partial charge in [-0.25, -0.2) is 0 Å². The first kappa shape index (κ1) is 15.1. The highest BCUT2D eigenvalue weighted by Crippen LogP contribution is 2.24. The zero-order valence-electron chi connectivity index (χ0n) is 11.9. The molecule has 0 aliphatic rings. The van der Waals surface area contributed by atoms with E-state index in [0.717, 1.165) is 24.2 Å². The highest BCUT2D eigenvalue weighted by Gasteiger charge is 2.10. The highest BCUT2D eigenvalue weighted by atomic mass is 32.2. The number of benzene rings is 2. The smallest absolute Gasteiger partial charge is 0.104 e. The first-order valence-corrected chi connectivity index (χ1v) is 7.87. The van der Waals surface area contributed by atoms with Crippen LogP contribution in [0.4, 0.5) is 0 Å². The Morgan fingerprint density at radius 3 is 2.05 bits per heavy atom. The van der Waals surface area contributed by atoms with Crippen LogP contribution in [0.3, 0.4) is 0 Å². The Bertz CT molecular complexity index is 520. The molecule has 2 rings (SSSR count). The van der Waals surface area contributed by atoms with Crippen LogP contribution in [0.15, 0.2) is 53.4 Å². The monoisotopic (exact) mass is 288 g/mol.